The molecule has 0 saturated carbocycles. The van der Waals surface area contributed by atoms with Crippen LogP contribution in [0.25, 0.3) is 16.9 Å². The molecule has 0 amide bonds. The molecule has 6 nitrogen and oxygen atoms in total. The highest BCUT2D eigenvalue weighted by Gasteiger charge is 2.31. The van der Waals surface area contributed by atoms with Crippen molar-refractivity contribution in [1.29, 1.82) is 0 Å². The van der Waals surface area contributed by atoms with Crippen LogP contribution in [0.4, 0.5) is 0 Å². The summed E-state index contributed by atoms with van der Waals surface area (Å²) in [5.74, 6) is 1.11. The summed E-state index contributed by atoms with van der Waals surface area (Å²) in [7, 11) is 0. The number of hydrogen-bond donors (Lipinski definition) is 1. The molecule has 0 radical (unpaired) electrons. The molecular formula is C30H28N5O+. The number of fused-ring (bicyclic) bond motifs is 3. The van der Waals surface area contributed by atoms with Gasteiger partial charge in [0.2, 0.25) is 0 Å². The van der Waals surface area contributed by atoms with Crippen LogP contribution in [0.3, 0.4) is 0 Å². The van der Waals surface area contributed by atoms with Gasteiger partial charge in [0.05, 0.1) is 6.54 Å². The van der Waals surface area contributed by atoms with Gasteiger partial charge in [-0.3, -0.25) is 14.7 Å². The van der Waals surface area contributed by atoms with Crippen LogP contribution in [0.15, 0.2) is 90.0 Å². The predicted molar refractivity (Wildman–Crippen MR) is 139 cm³/mol. The molecule has 7 rings (SSSR count). The average molecular weight is 475 g/mol. The van der Waals surface area contributed by atoms with Crippen molar-refractivity contribution in [2.45, 2.75) is 31.8 Å². The molecule has 3 heterocycles. The maximum absolute atomic E-state index is 12.7. The van der Waals surface area contributed by atoms with Crippen molar-refractivity contribution in [3.63, 3.8) is 0 Å². The molecule has 5 aromatic rings. The van der Waals surface area contributed by atoms with Crippen molar-refractivity contribution in [1.82, 2.24) is 19.7 Å². The van der Waals surface area contributed by atoms with E-state index in [0.717, 1.165) is 49.3 Å². The Kier molecular flexibility index (Phi) is 5.06. The third-order valence-electron chi connectivity index (χ3n) is 7.80. The van der Waals surface area contributed by atoms with Crippen molar-refractivity contribution in [3.8, 4) is 5.82 Å². The molecule has 0 spiro atoms. The molecule has 0 saturated heterocycles. The van der Waals surface area contributed by atoms with Crippen molar-refractivity contribution in [2.75, 3.05) is 13.1 Å². The summed E-state index contributed by atoms with van der Waals surface area (Å²) in [4.78, 5) is 18.5. The fourth-order valence-corrected chi connectivity index (χ4v) is 6.08. The highest BCUT2D eigenvalue weighted by Crippen LogP contribution is 2.40. The number of aromatic nitrogens is 4. The SMILES string of the molecule is O=c1ccc(-[n+]2c[nH]c3ccccc32)nn1CCN1Cc2cccc3c2C(C1)c1ccccc1CC3. The van der Waals surface area contributed by atoms with Crippen LogP contribution in [-0.4, -0.2) is 32.8 Å². The van der Waals surface area contributed by atoms with Crippen molar-refractivity contribution in [2.24, 2.45) is 0 Å². The molecule has 0 fully saturated rings. The van der Waals surface area contributed by atoms with Crippen LogP contribution in [0.1, 0.15) is 33.7 Å². The molecule has 1 atom stereocenters. The Bertz CT molecular complexity index is 1650. The smallest absolute Gasteiger partial charge is 0.291 e. The minimum atomic E-state index is -0.0706. The fraction of sp³-hybridized carbons (Fsp3) is 0.233. The molecular weight excluding hydrogens is 446 g/mol. The van der Waals surface area contributed by atoms with Gasteiger partial charge in [0.25, 0.3) is 11.4 Å². The number of aryl methyl sites for hydroxylation is 2. The van der Waals surface area contributed by atoms with E-state index in [-0.39, 0.29) is 5.56 Å². The zero-order valence-electron chi connectivity index (χ0n) is 20.1. The summed E-state index contributed by atoms with van der Waals surface area (Å²) in [6.45, 7) is 3.20. The lowest BCUT2D eigenvalue weighted by Gasteiger charge is -2.36. The van der Waals surface area contributed by atoms with Crippen LogP contribution >= 0.6 is 0 Å². The minimum Gasteiger partial charge on any atom is -0.296 e. The van der Waals surface area contributed by atoms with Crippen LogP contribution < -0.4 is 10.1 Å². The summed E-state index contributed by atoms with van der Waals surface area (Å²) in [6, 6.07) is 27.2. The third kappa shape index (κ3) is 3.57. The van der Waals surface area contributed by atoms with Gasteiger partial charge in [0.15, 0.2) is 6.33 Å². The second-order valence-electron chi connectivity index (χ2n) is 9.89. The Morgan fingerprint density at radius 2 is 1.67 bits per heavy atom. The molecule has 3 aromatic carbocycles. The van der Waals surface area contributed by atoms with Crippen LogP contribution in [0.5, 0.6) is 0 Å². The number of aromatic amines is 1. The van der Waals surface area contributed by atoms with E-state index in [0.29, 0.717) is 12.5 Å². The highest BCUT2D eigenvalue weighted by atomic mass is 16.1. The fourth-order valence-electron chi connectivity index (χ4n) is 6.08. The van der Waals surface area contributed by atoms with E-state index in [1.807, 2.05) is 35.2 Å². The van der Waals surface area contributed by atoms with Gasteiger partial charge in [0.1, 0.15) is 11.0 Å². The zero-order chi connectivity index (χ0) is 24.1. The Hall–Kier alpha value is -4.03. The van der Waals surface area contributed by atoms with E-state index in [9.17, 15) is 4.79 Å². The number of imidazole rings is 1. The molecule has 2 aromatic heterocycles. The van der Waals surface area contributed by atoms with Gasteiger partial charge in [-0.15, -0.1) is 0 Å². The number of benzene rings is 3. The Morgan fingerprint density at radius 3 is 2.64 bits per heavy atom. The van der Waals surface area contributed by atoms with Gasteiger partial charge in [-0.25, -0.2) is 0 Å². The lowest BCUT2D eigenvalue weighted by atomic mass is 9.82. The second-order valence-corrected chi connectivity index (χ2v) is 9.89. The maximum atomic E-state index is 12.7. The van der Waals surface area contributed by atoms with Gasteiger partial charge in [-0.05, 0) is 57.9 Å². The monoisotopic (exact) mass is 474 g/mol. The van der Waals surface area contributed by atoms with Crippen molar-refractivity contribution < 1.29 is 4.57 Å². The Morgan fingerprint density at radius 1 is 0.861 bits per heavy atom. The molecule has 2 aliphatic rings. The summed E-state index contributed by atoms with van der Waals surface area (Å²) in [5, 5.41) is 4.73. The molecule has 178 valence electrons. The van der Waals surface area contributed by atoms with E-state index >= 15 is 0 Å². The molecule has 6 heteroatoms. The molecule has 36 heavy (non-hydrogen) atoms. The van der Waals surface area contributed by atoms with E-state index < -0.39 is 0 Å². The number of para-hydroxylation sites is 2. The van der Waals surface area contributed by atoms with Gasteiger partial charge in [0, 0.05) is 37.7 Å². The lowest BCUT2D eigenvalue weighted by molar-refractivity contribution is -0.571. The number of H-pyrrole nitrogens is 1. The van der Waals surface area contributed by atoms with E-state index in [1.54, 1.807) is 16.8 Å². The van der Waals surface area contributed by atoms with Gasteiger partial charge in [-0.2, -0.15) is 9.25 Å². The first-order valence-corrected chi connectivity index (χ1v) is 12.7. The van der Waals surface area contributed by atoms with Gasteiger partial charge in [-0.1, -0.05) is 54.6 Å². The average Bonchev–Trinajstić information content (AvgIpc) is 3.28. The summed E-state index contributed by atoms with van der Waals surface area (Å²) >= 11 is 0. The van der Waals surface area contributed by atoms with Crippen molar-refractivity contribution in [3.05, 3.63) is 123 Å². The number of rotatable bonds is 4. The molecule has 1 unspecified atom stereocenters. The molecule has 1 aliphatic heterocycles. The standard InChI is InChI=1S/C30H27N5O/c36-29-15-14-28(34-20-31-26-10-3-4-11-27(26)34)32-35(29)17-16-33-18-23-8-5-7-22-13-12-21-6-1-2-9-24(21)25(19-33)30(22)23/h1-11,14-15,20,25H,12-13,16-19H2/p+1. The van der Waals surface area contributed by atoms with Gasteiger partial charge >= 0.3 is 0 Å². The van der Waals surface area contributed by atoms with E-state index in [4.69, 9.17) is 5.10 Å². The quantitative estimate of drug-likeness (QED) is 0.404. The predicted octanol–water partition coefficient (Wildman–Crippen LogP) is 3.75. The number of nitrogens with one attached hydrogen (secondary N) is 1. The summed E-state index contributed by atoms with van der Waals surface area (Å²) in [6.07, 6.45) is 4.10. The second kappa shape index (κ2) is 8.57. The summed E-state index contributed by atoms with van der Waals surface area (Å²) in [5.41, 5.74) is 9.37. The van der Waals surface area contributed by atoms with Crippen molar-refractivity contribution >= 4 is 11.0 Å². The van der Waals surface area contributed by atoms with Crippen LogP contribution in [-0.2, 0) is 25.9 Å². The topological polar surface area (TPSA) is 57.8 Å². The zero-order valence-corrected chi connectivity index (χ0v) is 20.1. The summed E-state index contributed by atoms with van der Waals surface area (Å²) < 4.78 is 3.60. The molecule has 1 aliphatic carbocycles. The maximum Gasteiger partial charge on any atom is 0.291 e. The van der Waals surface area contributed by atoms with Gasteiger partial charge < -0.3 is 0 Å². The first-order chi connectivity index (χ1) is 17.7. The Balaban J connectivity index is 1.18. The minimum absolute atomic E-state index is 0.0706. The highest BCUT2D eigenvalue weighted by molar-refractivity contribution is 5.71. The van der Waals surface area contributed by atoms with Crippen LogP contribution in [0, 0.1) is 0 Å². The normalized spacial score (nSPS) is 16.9. The largest absolute Gasteiger partial charge is 0.296 e. The number of hydrogen-bond acceptors (Lipinski definition) is 3. The molecule has 0 bridgehead atoms. The number of nitrogens with zero attached hydrogens (tertiary/aromatic N) is 4. The Labute approximate surface area is 209 Å². The lowest BCUT2D eigenvalue weighted by Crippen LogP contribution is -2.39. The first kappa shape index (κ1) is 21.3. The first-order valence-electron chi connectivity index (χ1n) is 12.7. The van der Waals surface area contributed by atoms with E-state index in [2.05, 4.69) is 52.3 Å². The van der Waals surface area contributed by atoms with Crippen LogP contribution in [0.2, 0.25) is 0 Å². The third-order valence-corrected chi connectivity index (χ3v) is 7.80. The van der Waals surface area contributed by atoms with E-state index in [1.165, 1.54) is 27.8 Å². The molecule has 1 N–H and O–H groups in total.